The van der Waals surface area contributed by atoms with Crippen molar-refractivity contribution < 1.29 is 8.42 Å². The number of rotatable bonds is 5. The molecule has 8 nitrogen and oxygen atoms in total. The lowest BCUT2D eigenvalue weighted by Gasteiger charge is -2.15. The molecular formula is C15H22N6O2S. The molecule has 2 aliphatic rings. The molecule has 0 radical (unpaired) electrons. The summed E-state index contributed by atoms with van der Waals surface area (Å²) < 4.78 is 30.7. The molecule has 9 heteroatoms. The summed E-state index contributed by atoms with van der Waals surface area (Å²) in [6.45, 7) is 4.89. The van der Waals surface area contributed by atoms with Crippen LogP contribution in [0, 0.1) is 0 Å². The molecule has 1 aliphatic carbocycles. The van der Waals surface area contributed by atoms with E-state index in [-0.39, 0.29) is 17.1 Å². The minimum atomic E-state index is -3.55. The molecule has 130 valence electrons. The maximum atomic E-state index is 12.8. The Morgan fingerprint density at radius 3 is 2.67 bits per heavy atom. The van der Waals surface area contributed by atoms with Gasteiger partial charge in [0.2, 0.25) is 0 Å². The van der Waals surface area contributed by atoms with Gasteiger partial charge in [-0.3, -0.25) is 0 Å². The minimum absolute atomic E-state index is 0.0481. The van der Waals surface area contributed by atoms with Crippen molar-refractivity contribution in [3.8, 4) is 0 Å². The van der Waals surface area contributed by atoms with E-state index in [1.807, 2.05) is 24.7 Å². The molecule has 1 unspecified atom stereocenters. The lowest BCUT2D eigenvalue weighted by Crippen LogP contribution is -2.29. The quantitative estimate of drug-likeness (QED) is 0.817. The van der Waals surface area contributed by atoms with Gasteiger partial charge in [-0.25, -0.2) is 18.1 Å². The maximum Gasteiger partial charge on any atom is 0.262 e. The van der Waals surface area contributed by atoms with Gasteiger partial charge in [0.15, 0.2) is 5.03 Å². The zero-order valence-electron chi connectivity index (χ0n) is 13.9. The number of hydrogen-bond donors (Lipinski definition) is 0. The highest BCUT2D eigenvalue weighted by atomic mass is 32.2. The first-order valence-corrected chi connectivity index (χ1v) is 9.84. The molecule has 4 rings (SSSR count). The Labute approximate surface area is 141 Å². The summed E-state index contributed by atoms with van der Waals surface area (Å²) in [5, 5.41) is 8.54. The van der Waals surface area contributed by atoms with Crippen molar-refractivity contribution in [2.45, 2.75) is 56.1 Å². The summed E-state index contributed by atoms with van der Waals surface area (Å²) in [4.78, 5) is 4.09. The van der Waals surface area contributed by atoms with Crippen LogP contribution in [0.4, 0.5) is 0 Å². The van der Waals surface area contributed by atoms with Crippen LogP contribution in [0.25, 0.3) is 0 Å². The molecule has 24 heavy (non-hydrogen) atoms. The average Bonchev–Trinajstić information content (AvgIpc) is 3.04. The molecule has 0 aromatic carbocycles. The predicted molar refractivity (Wildman–Crippen MR) is 87.0 cm³/mol. The van der Waals surface area contributed by atoms with E-state index in [0.29, 0.717) is 19.0 Å². The highest BCUT2D eigenvalue weighted by Crippen LogP contribution is 2.39. The summed E-state index contributed by atoms with van der Waals surface area (Å²) in [5.74, 6) is 0.556. The zero-order valence-corrected chi connectivity index (χ0v) is 14.7. The predicted octanol–water partition coefficient (Wildman–Crippen LogP) is 1.57. The summed E-state index contributed by atoms with van der Waals surface area (Å²) >= 11 is 0. The van der Waals surface area contributed by atoms with Crippen LogP contribution in [-0.4, -0.2) is 50.4 Å². The first-order valence-electron chi connectivity index (χ1n) is 8.40. The topological polar surface area (TPSA) is 85.9 Å². The highest BCUT2D eigenvalue weighted by Gasteiger charge is 2.36. The van der Waals surface area contributed by atoms with E-state index < -0.39 is 10.0 Å². The van der Waals surface area contributed by atoms with Crippen LogP contribution in [0.2, 0.25) is 0 Å². The summed E-state index contributed by atoms with van der Waals surface area (Å²) in [6, 6.07) is 0.232. The van der Waals surface area contributed by atoms with Crippen LogP contribution < -0.4 is 0 Å². The van der Waals surface area contributed by atoms with Crippen molar-refractivity contribution in [1.82, 2.24) is 28.9 Å². The fourth-order valence-electron chi connectivity index (χ4n) is 3.05. The van der Waals surface area contributed by atoms with E-state index in [2.05, 4.69) is 15.3 Å². The third-order valence-electron chi connectivity index (χ3n) is 4.80. The monoisotopic (exact) mass is 350 g/mol. The standard InChI is InChI=1S/C15H22N6O2S/c1-11(2)19-9-15(16-10-19)24(22,23)20-6-5-13(7-20)21-8-14(17-18-21)12-3-4-12/h8-13H,3-7H2,1-2H3. The normalized spacial score (nSPS) is 22.5. The molecule has 0 bridgehead atoms. The van der Waals surface area contributed by atoms with Crippen molar-refractivity contribution in [1.29, 1.82) is 0 Å². The van der Waals surface area contributed by atoms with Gasteiger partial charge in [-0.2, -0.15) is 4.31 Å². The Morgan fingerprint density at radius 2 is 2.00 bits per heavy atom. The molecule has 0 N–H and O–H groups in total. The van der Waals surface area contributed by atoms with E-state index in [1.54, 1.807) is 17.1 Å². The van der Waals surface area contributed by atoms with Gasteiger partial charge in [0.25, 0.3) is 10.0 Å². The second-order valence-electron chi connectivity index (χ2n) is 6.96. The van der Waals surface area contributed by atoms with Crippen molar-refractivity contribution >= 4 is 10.0 Å². The van der Waals surface area contributed by atoms with E-state index in [9.17, 15) is 8.42 Å². The third kappa shape index (κ3) is 2.75. The summed E-state index contributed by atoms with van der Waals surface area (Å²) in [7, 11) is -3.55. The lowest BCUT2D eigenvalue weighted by molar-refractivity contribution is 0.427. The summed E-state index contributed by atoms with van der Waals surface area (Å²) in [6.07, 6.45) is 8.27. The van der Waals surface area contributed by atoms with Gasteiger partial charge in [-0.1, -0.05) is 5.21 Å². The fraction of sp³-hybridized carbons (Fsp3) is 0.667. The van der Waals surface area contributed by atoms with Crippen LogP contribution in [-0.2, 0) is 10.0 Å². The van der Waals surface area contributed by atoms with Gasteiger partial charge in [0.1, 0.15) is 0 Å². The van der Waals surface area contributed by atoms with E-state index in [1.165, 1.54) is 17.1 Å². The van der Waals surface area contributed by atoms with Gasteiger partial charge in [0.05, 0.1) is 18.1 Å². The molecule has 0 amide bonds. The number of imidazole rings is 1. The number of sulfonamides is 1. The first kappa shape index (κ1) is 15.8. The van der Waals surface area contributed by atoms with Crippen molar-refractivity contribution in [2.24, 2.45) is 0 Å². The molecule has 2 fully saturated rings. The number of aromatic nitrogens is 5. The maximum absolute atomic E-state index is 12.8. The Balaban J connectivity index is 1.50. The molecule has 1 saturated carbocycles. The molecule has 1 atom stereocenters. The Morgan fingerprint density at radius 1 is 1.21 bits per heavy atom. The smallest absolute Gasteiger partial charge is 0.262 e. The third-order valence-corrected chi connectivity index (χ3v) is 6.55. The van der Waals surface area contributed by atoms with Gasteiger partial charge in [-0.15, -0.1) is 5.10 Å². The largest absolute Gasteiger partial charge is 0.334 e. The van der Waals surface area contributed by atoms with Gasteiger partial charge >= 0.3 is 0 Å². The van der Waals surface area contributed by atoms with Gasteiger partial charge in [-0.05, 0) is 33.1 Å². The van der Waals surface area contributed by atoms with Crippen LogP contribution >= 0.6 is 0 Å². The molecule has 1 saturated heterocycles. The van der Waals surface area contributed by atoms with Gasteiger partial charge < -0.3 is 4.57 Å². The van der Waals surface area contributed by atoms with Crippen molar-refractivity contribution in [3.63, 3.8) is 0 Å². The second kappa shape index (κ2) is 5.66. The lowest BCUT2D eigenvalue weighted by atomic mass is 10.2. The fourth-order valence-corrected chi connectivity index (χ4v) is 4.46. The SMILES string of the molecule is CC(C)n1cnc(S(=O)(=O)N2CCC(n3cc(C4CC4)nn3)C2)c1. The second-order valence-corrected chi connectivity index (χ2v) is 8.84. The average molecular weight is 350 g/mol. The molecular weight excluding hydrogens is 328 g/mol. The minimum Gasteiger partial charge on any atom is -0.334 e. The van der Waals surface area contributed by atoms with Crippen LogP contribution in [0.15, 0.2) is 23.7 Å². The van der Waals surface area contributed by atoms with Crippen LogP contribution in [0.5, 0.6) is 0 Å². The van der Waals surface area contributed by atoms with Crippen LogP contribution in [0.3, 0.4) is 0 Å². The van der Waals surface area contributed by atoms with Crippen molar-refractivity contribution in [2.75, 3.05) is 13.1 Å². The van der Waals surface area contributed by atoms with E-state index in [0.717, 1.165) is 12.1 Å². The molecule has 2 aromatic rings. The van der Waals surface area contributed by atoms with Crippen molar-refractivity contribution in [3.05, 3.63) is 24.4 Å². The number of hydrogen-bond acceptors (Lipinski definition) is 5. The van der Waals surface area contributed by atoms with E-state index >= 15 is 0 Å². The highest BCUT2D eigenvalue weighted by molar-refractivity contribution is 7.89. The summed E-state index contributed by atoms with van der Waals surface area (Å²) in [5.41, 5.74) is 1.03. The molecule has 2 aromatic heterocycles. The molecule has 0 spiro atoms. The van der Waals surface area contributed by atoms with Gasteiger partial charge in [0, 0.05) is 37.4 Å². The Bertz CT molecular complexity index is 836. The first-order chi connectivity index (χ1) is 11.4. The Kier molecular flexibility index (Phi) is 3.72. The van der Waals surface area contributed by atoms with Crippen LogP contribution in [0.1, 0.15) is 56.8 Å². The van der Waals surface area contributed by atoms with E-state index in [4.69, 9.17) is 0 Å². The zero-order chi connectivity index (χ0) is 16.9. The number of nitrogens with zero attached hydrogens (tertiary/aromatic N) is 6. The molecule has 3 heterocycles. The Hall–Kier alpha value is -1.74. The molecule has 1 aliphatic heterocycles.